The molecule has 0 bridgehead atoms. The average Bonchev–Trinajstić information content (AvgIpc) is 3.08. The van der Waals surface area contributed by atoms with E-state index in [1.165, 1.54) is 5.56 Å². The molecule has 0 spiro atoms. The first-order chi connectivity index (χ1) is 13.1. The maximum absolute atomic E-state index is 12.9. The fourth-order valence-electron chi connectivity index (χ4n) is 3.86. The van der Waals surface area contributed by atoms with Gasteiger partial charge in [0.25, 0.3) is 0 Å². The van der Waals surface area contributed by atoms with Crippen LogP contribution in [0.25, 0.3) is 6.08 Å². The number of likely N-dealkylation sites (tertiary alicyclic amines) is 1. The maximum Gasteiger partial charge on any atom is 0.313 e. The van der Waals surface area contributed by atoms with E-state index in [1.807, 2.05) is 49.2 Å². The number of rotatable bonds is 7. The van der Waals surface area contributed by atoms with Gasteiger partial charge in [-0.3, -0.25) is 14.4 Å². The second-order valence-electron chi connectivity index (χ2n) is 7.35. The smallest absolute Gasteiger partial charge is 0.313 e. The second kappa shape index (κ2) is 9.00. The number of nitrogens with zero attached hydrogens (tertiary/aromatic N) is 3. The highest BCUT2D eigenvalue weighted by atomic mass is 16.5. The molecule has 0 N–H and O–H groups in total. The molecular weight excluding hydrogens is 338 g/mol. The van der Waals surface area contributed by atoms with Crippen molar-refractivity contribution in [2.24, 2.45) is 12.5 Å². The van der Waals surface area contributed by atoms with Crippen molar-refractivity contribution in [2.45, 2.75) is 32.7 Å². The van der Waals surface area contributed by atoms with Gasteiger partial charge in [0, 0.05) is 31.9 Å². The van der Waals surface area contributed by atoms with E-state index in [2.05, 4.69) is 34.3 Å². The van der Waals surface area contributed by atoms with Crippen LogP contribution in [-0.4, -0.2) is 40.3 Å². The van der Waals surface area contributed by atoms with Crippen molar-refractivity contribution >= 4 is 12.0 Å². The number of ether oxygens (including phenoxy) is 1. The molecule has 2 aromatic rings. The van der Waals surface area contributed by atoms with Gasteiger partial charge in [-0.15, -0.1) is 0 Å². The molecule has 1 aliphatic rings. The van der Waals surface area contributed by atoms with Crippen molar-refractivity contribution in [3.8, 4) is 0 Å². The zero-order valence-corrected chi connectivity index (χ0v) is 16.3. The second-order valence-corrected chi connectivity index (χ2v) is 7.35. The minimum atomic E-state index is -0.470. The summed E-state index contributed by atoms with van der Waals surface area (Å²) in [6, 6.07) is 10.2. The van der Waals surface area contributed by atoms with Crippen LogP contribution in [0.1, 0.15) is 37.3 Å². The number of carbonyl (C=O) groups is 1. The normalized spacial score (nSPS) is 20.8. The molecule has 1 aliphatic heterocycles. The third-order valence-electron chi connectivity index (χ3n) is 5.15. The summed E-state index contributed by atoms with van der Waals surface area (Å²) in [6.07, 6.45) is 10.7. The Morgan fingerprint density at radius 2 is 2.15 bits per heavy atom. The zero-order chi connectivity index (χ0) is 19.1. The molecule has 27 heavy (non-hydrogen) atoms. The summed E-state index contributed by atoms with van der Waals surface area (Å²) in [5.74, 6) is -0.0707. The number of carbonyl (C=O) groups excluding carboxylic acids is 1. The summed E-state index contributed by atoms with van der Waals surface area (Å²) in [6.45, 7) is 4.84. The maximum atomic E-state index is 12.9. The van der Waals surface area contributed by atoms with E-state index in [1.54, 1.807) is 0 Å². The molecule has 1 atom stereocenters. The number of aryl methyl sites for hydroxylation is 1. The molecule has 0 radical (unpaired) electrons. The van der Waals surface area contributed by atoms with Crippen molar-refractivity contribution < 1.29 is 9.53 Å². The Morgan fingerprint density at radius 1 is 1.33 bits per heavy atom. The highest BCUT2D eigenvalue weighted by Gasteiger charge is 2.42. The van der Waals surface area contributed by atoms with Crippen molar-refractivity contribution in [3.63, 3.8) is 0 Å². The largest absolute Gasteiger partial charge is 0.466 e. The quantitative estimate of drug-likeness (QED) is 0.701. The molecule has 0 amide bonds. The van der Waals surface area contributed by atoms with Crippen molar-refractivity contribution in [2.75, 3.05) is 19.7 Å². The molecule has 2 heterocycles. The number of piperidine rings is 1. The number of esters is 1. The van der Waals surface area contributed by atoms with E-state index < -0.39 is 5.41 Å². The summed E-state index contributed by atoms with van der Waals surface area (Å²) in [4.78, 5) is 15.2. The predicted octanol–water partition coefficient (Wildman–Crippen LogP) is 3.67. The van der Waals surface area contributed by atoms with Crippen LogP contribution < -0.4 is 0 Å². The van der Waals surface area contributed by atoms with Crippen LogP contribution in [0.15, 0.2) is 48.8 Å². The summed E-state index contributed by atoms with van der Waals surface area (Å²) in [7, 11) is 1.93. The van der Waals surface area contributed by atoms with Crippen molar-refractivity contribution in [3.05, 3.63) is 59.9 Å². The Hall–Kier alpha value is -2.40. The first-order valence-electron chi connectivity index (χ1n) is 9.70. The summed E-state index contributed by atoms with van der Waals surface area (Å²) < 4.78 is 7.29. The third kappa shape index (κ3) is 5.07. The van der Waals surface area contributed by atoms with E-state index >= 15 is 0 Å². The number of hydrogen-bond acceptors (Lipinski definition) is 4. The van der Waals surface area contributed by atoms with Gasteiger partial charge in [0.1, 0.15) is 0 Å². The van der Waals surface area contributed by atoms with Crippen molar-refractivity contribution in [1.82, 2.24) is 14.7 Å². The van der Waals surface area contributed by atoms with Crippen LogP contribution >= 0.6 is 0 Å². The lowest BCUT2D eigenvalue weighted by Crippen LogP contribution is -2.48. The van der Waals surface area contributed by atoms with Gasteiger partial charge in [-0.2, -0.15) is 5.10 Å². The molecule has 1 fully saturated rings. The predicted molar refractivity (Wildman–Crippen MR) is 107 cm³/mol. The Bertz CT molecular complexity index is 769. The number of allylic oxidation sites excluding steroid dienone is 1. The van der Waals surface area contributed by atoms with E-state index in [0.29, 0.717) is 13.0 Å². The number of benzene rings is 1. The first kappa shape index (κ1) is 19.4. The highest BCUT2D eigenvalue weighted by Crippen LogP contribution is 2.36. The molecule has 0 aliphatic carbocycles. The molecule has 144 valence electrons. The van der Waals surface area contributed by atoms with Crippen LogP contribution in [0.5, 0.6) is 0 Å². The van der Waals surface area contributed by atoms with E-state index in [-0.39, 0.29) is 5.97 Å². The van der Waals surface area contributed by atoms with Crippen LogP contribution in [0.4, 0.5) is 0 Å². The molecule has 1 unspecified atom stereocenters. The zero-order valence-electron chi connectivity index (χ0n) is 16.3. The van der Waals surface area contributed by atoms with Gasteiger partial charge in [0.05, 0.1) is 18.2 Å². The monoisotopic (exact) mass is 367 g/mol. The molecule has 1 aromatic carbocycles. The fraction of sp³-hybridized carbons (Fsp3) is 0.455. The lowest BCUT2D eigenvalue weighted by atomic mass is 9.76. The topological polar surface area (TPSA) is 47.4 Å². The van der Waals surface area contributed by atoms with Gasteiger partial charge in [-0.1, -0.05) is 42.5 Å². The van der Waals surface area contributed by atoms with E-state index in [0.717, 1.165) is 38.0 Å². The molecule has 0 saturated carbocycles. The van der Waals surface area contributed by atoms with Gasteiger partial charge < -0.3 is 4.74 Å². The Labute approximate surface area is 161 Å². The molecule has 3 rings (SSSR count). The summed E-state index contributed by atoms with van der Waals surface area (Å²) >= 11 is 0. The van der Waals surface area contributed by atoms with Gasteiger partial charge in [-0.25, -0.2) is 0 Å². The van der Waals surface area contributed by atoms with E-state index in [4.69, 9.17) is 4.74 Å². The molecule has 1 aromatic heterocycles. The van der Waals surface area contributed by atoms with Crippen LogP contribution in [0.2, 0.25) is 0 Å². The summed E-state index contributed by atoms with van der Waals surface area (Å²) in [5.41, 5.74) is 1.86. The lowest BCUT2D eigenvalue weighted by Gasteiger charge is -2.40. The molecule has 5 heteroatoms. The Morgan fingerprint density at radius 3 is 2.85 bits per heavy atom. The number of aromatic nitrogens is 2. The Kier molecular flexibility index (Phi) is 6.45. The fourth-order valence-corrected chi connectivity index (χ4v) is 3.86. The van der Waals surface area contributed by atoms with Gasteiger partial charge in [0.2, 0.25) is 0 Å². The molecular formula is C22H29N3O2. The summed E-state index contributed by atoms with van der Waals surface area (Å²) in [5, 5.41) is 4.25. The van der Waals surface area contributed by atoms with Crippen LogP contribution in [0, 0.1) is 5.41 Å². The average molecular weight is 367 g/mol. The minimum absolute atomic E-state index is 0.0707. The van der Waals surface area contributed by atoms with Gasteiger partial charge in [0.15, 0.2) is 0 Å². The third-order valence-corrected chi connectivity index (χ3v) is 5.15. The minimum Gasteiger partial charge on any atom is -0.466 e. The molecule has 1 saturated heterocycles. The van der Waals surface area contributed by atoms with Crippen LogP contribution in [-0.2, 0) is 23.1 Å². The van der Waals surface area contributed by atoms with E-state index in [9.17, 15) is 4.79 Å². The van der Waals surface area contributed by atoms with Crippen molar-refractivity contribution in [1.29, 1.82) is 0 Å². The first-order valence-corrected chi connectivity index (χ1v) is 9.70. The van der Waals surface area contributed by atoms with Crippen LogP contribution in [0.3, 0.4) is 0 Å². The standard InChI is InChI=1S/C22H29N3O2/c1-3-27-21(26)22(12-7-11-19-9-5-4-6-10-19)13-8-14-25(18-22)17-20-15-23-24(2)16-20/h4-7,9-11,15-16H,3,8,12-14,17-18H2,1-2H3. The SMILES string of the molecule is CCOC(=O)C1(CC=Cc2ccccc2)CCCN(Cc2cnn(C)c2)C1. The van der Waals surface area contributed by atoms with Gasteiger partial charge in [-0.05, 0) is 38.3 Å². The number of hydrogen-bond donors (Lipinski definition) is 0. The molecule has 5 nitrogen and oxygen atoms in total. The Balaban J connectivity index is 1.73. The van der Waals surface area contributed by atoms with Gasteiger partial charge >= 0.3 is 5.97 Å². The lowest BCUT2D eigenvalue weighted by molar-refractivity contribution is -0.159. The highest BCUT2D eigenvalue weighted by molar-refractivity contribution is 5.77.